The largest absolute Gasteiger partial charge is 0.491 e. The smallest absolute Gasteiger partial charge is 0.144 e. The molecule has 2 atom stereocenters. The maximum atomic E-state index is 13.5. The summed E-state index contributed by atoms with van der Waals surface area (Å²) in [4.78, 5) is 13.5. The van der Waals surface area contributed by atoms with Gasteiger partial charge in [0, 0.05) is 10.8 Å². The SMILES string of the molecule is CC(C)(CC(O)c1ccc(OCCO)cc1)C(=O)C(C)(C)CC(O)c1ccc(OCCO)cc1. The fourth-order valence-electron chi connectivity index (χ4n) is 4.20. The van der Waals surface area contributed by atoms with Crippen molar-refractivity contribution >= 4 is 5.78 Å². The Labute approximate surface area is 202 Å². The molecule has 0 radical (unpaired) electrons. The third-order valence-corrected chi connectivity index (χ3v) is 5.89. The van der Waals surface area contributed by atoms with Gasteiger partial charge in [0.05, 0.1) is 25.4 Å². The first kappa shape index (κ1) is 27.8. The second-order valence-electron chi connectivity index (χ2n) is 9.82. The molecular formula is C27H38O7. The Bertz CT molecular complexity index is 815. The van der Waals surface area contributed by atoms with Gasteiger partial charge in [0.1, 0.15) is 30.5 Å². The van der Waals surface area contributed by atoms with E-state index in [9.17, 15) is 15.0 Å². The van der Waals surface area contributed by atoms with Gasteiger partial charge < -0.3 is 29.9 Å². The van der Waals surface area contributed by atoms with Crippen LogP contribution in [0.5, 0.6) is 11.5 Å². The van der Waals surface area contributed by atoms with Crippen molar-refractivity contribution in [2.75, 3.05) is 26.4 Å². The van der Waals surface area contributed by atoms with Crippen molar-refractivity contribution in [3.8, 4) is 11.5 Å². The third-order valence-electron chi connectivity index (χ3n) is 5.89. The maximum Gasteiger partial charge on any atom is 0.144 e. The van der Waals surface area contributed by atoms with Crippen LogP contribution in [0.4, 0.5) is 0 Å². The van der Waals surface area contributed by atoms with E-state index in [1.54, 1.807) is 48.5 Å². The Kier molecular flexibility index (Phi) is 10.1. The molecule has 7 heteroatoms. The van der Waals surface area contributed by atoms with E-state index in [0.29, 0.717) is 22.6 Å². The number of ether oxygens (including phenoxy) is 2. The van der Waals surface area contributed by atoms with Gasteiger partial charge in [-0.25, -0.2) is 0 Å². The highest BCUT2D eigenvalue weighted by Crippen LogP contribution is 2.41. The van der Waals surface area contributed by atoms with Crippen LogP contribution in [0.25, 0.3) is 0 Å². The van der Waals surface area contributed by atoms with Crippen LogP contribution in [0.1, 0.15) is 63.9 Å². The Morgan fingerprint density at radius 3 is 1.32 bits per heavy atom. The molecule has 0 bridgehead atoms. The predicted octanol–water partition coefficient (Wildman–Crippen LogP) is 3.60. The van der Waals surface area contributed by atoms with Crippen molar-refractivity contribution < 1.29 is 34.7 Å². The van der Waals surface area contributed by atoms with E-state index in [1.165, 1.54) is 0 Å². The van der Waals surface area contributed by atoms with Crippen molar-refractivity contribution in [2.24, 2.45) is 10.8 Å². The number of benzene rings is 2. The summed E-state index contributed by atoms with van der Waals surface area (Å²) in [5.74, 6) is 1.16. The molecule has 0 aromatic heterocycles. The Morgan fingerprint density at radius 1 is 0.706 bits per heavy atom. The maximum absolute atomic E-state index is 13.5. The minimum atomic E-state index is -0.835. The van der Waals surface area contributed by atoms with Gasteiger partial charge >= 0.3 is 0 Å². The molecule has 4 N–H and O–H groups in total. The summed E-state index contributed by atoms with van der Waals surface area (Å²) >= 11 is 0. The topological polar surface area (TPSA) is 116 Å². The van der Waals surface area contributed by atoms with E-state index in [1.807, 2.05) is 27.7 Å². The fourth-order valence-corrected chi connectivity index (χ4v) is 4.20. The Balaban J connectivity index is 2.01. The highest BCUT2D eigenvalue weighted by atomic mass is 16.5. The van der Waals surface area contributed by atoms with Crippen molar-refractivity contribution in [1.82, 2.24) is 0 Å². The molecule has 2 unspecified atom stereocenters. The second kappa shape index (κ2) is 12.3. The first-order valence-electron chi connectivity index (χ1n) is 11.6. The van der Waals surface area contributed by atoms with Crippen molar-refractivity contribution in [2.45, 2.75) is 52.7 Å². The van der Waals surface area contributed by atoms with Crippen LogP contribution in [0.15, 0.2) is 48.5 Å². The van der Waals surface area contributed by atoms with Crippen LogP contribution in [-0.4, -0.2) is 52.6 Å². The third kappa shape index (κ3) is 7.81. The predicted molar refractivity (Wildman–Crippen MR) is 130 cm³/mol. The van der Waals surface area contributed by atoms with Gasteiger partial charge in [0.25, 0.3) is 0 Å². The highest BCUT2D eigenvalue weighted by Gasteiger charge is 2.41. The number of carbonyl (C=O) groups excluding carboxylic acids is 1. The zero-order valence-corrected chi connectivity index (χ0v) is 20.5. The molecule has 2 rings (SSSR count). The van der Waals surface area contributed by atoms with Crippen molar-refractivity contribution in [3.05, 3.63) is 59.7 Å². The lowest BCUT2D eigenvalue weighted by atomic mass is 9.68. The Hall–Kier alpha value is -2.45. The van der Waals surface area contributed by atoms with Crippen LogP contribution in [0.2, 0.25) is 0 Å². The normalized spacial score (nSPS) is 13.9. The summed E-state index contributed by atoms with van der Waals surface area (Å²) in [6.45, 7) is 7.53. The lowest BCUT2D eigenvalue weighted by molar-refractivity contribution is -0.139. The van der Waals surface area contributed by atoms with E-state index in [0.717, 1.165) is 0 Å². The molecule has 0 fully saturated rings. The average molecular weight is 475 g/mol. The summed E-state index contributed by atoms with van der Waals surface area (Å²) in [5.41, 5.74) is -0.287. The van der Waals surface area contributed by atoms with Crippen LogP contribution >= 0.6 is 0 Å². The fraction of sp³-hybridized carbons (Fsp3) is 0.519. The van der Waals surface area contributed by atoms with Gasteiger partial charge in [0.15, 0.2) is 0 Å². The van der Waals surface area contributed by atoms with Crippen molar-refractivity contribution in [3.63, 3.8) is 0 Å². The summed E-state index contributed by atoms with van der Waals surface area (Å²) < 4.78 is 10.7. The lowest BCUT2D eigenvalue weighted by Gasteiger charge is -2.36. The van der Waals surface area contributed by atoms with E-state index >= 15 is 0 Å². The zero-order valence-electron chi connectivity index (χ0n) is 20.5. The summed E-state index contributed by atoms with van der Waals surface area (Å²) in [7, 11) is 0. The molecule has 0 saturated heterocycles. The minimum absolute atomic E-state index is 0.0381. The van der Waals surface area contributed by atoms with Gasteiger partial charge in [-0.05, 0) is 48.2 Å². The molecule has 7 nitrogen and oxygen atoms in total. The van der Waals surface area contributed by atoms with Gasteiger partial charge in [-0.2, -0.15) is 0 Å². The van der Waals surface area contributed by atoms with Gasteiger partial charge in [0.2, 0.25) is 0 Å². The molecular weight excluding hydrogens is 436 g/mol. The molecule has 0 amide bonds. The summed E-state index contributed by atoms with van der Waals surface area (Å²) in [6.07, 6.45) is -1.20. The van der Waals surface area contributed by atoms with Gasteiger partial charge in [-0.3, -0.25) is 4.79 Å². The molecule has 0 aliphatic carbocycles. The molecule has 0 aliphatic heterocycles. The average Bonchev–Trinajstić information content (AvgIpc) is 2.80. The van der Waals surface area contributed by atoms with Gasteiger partial charge in [-0.15, -0.1) is 0 Å². The molecule has 0 spiro atoms. The summed E-state index contributed by atoms with van der Waals surface area (Å²) in [6, 6.07) is 13.9. The number of aliphatic hydroxyl groups excluding tert-OH is 4. The van der Waals surface area contributed by atoms with Crippen molar-refractivity contribution in [1.29, 1.82) is 0 Å². The molecule has 188 valence electrons. The quantitative estimate of drug-likeness (QED) is 0.331. The number of hydrogen-bond donors (Lipinski definition) is 4. The monoisotopic (exact) mass is 474 g/mol. The lowest BCUT2D eigenvalue weighted by Crippen LogP contribution is -2.39. The van der Waals surface area contributed by atoms with Crippen LogP contribution < -0.4 is 9.47 Å². The highest BCUT2D eigenvalue weighted by molar-refractivity contribution is 5.89. The molecule has 0 saturated carbocycles. The standard InChI is InChI=1S/C27H38O7/c1-26(2,17-23(30)19-5-9-21(10-6-19)33-15-13-28)25(32)27(3,4)18-24(31)20-7-11-22(12-8-20)34-16-14-29/h5-12,23-24,28-31H,13-18H2,1-4H3. The number of Topliss-reactive ketones (excluding diaryl/α,β-unsaturated/α-hetero) is 1. The van der Waals surface area contributed by atoms with Gasteiger partial charge in [-0.1, -0.05) is 52.0 Å². The summed E-state index contributed by atoms with van der Waals surface area (Å²) in [5, 5.41) is 39.2. The second-order valence-corrected chi connectivity index (χ2v) is 9.82. The van der Waals surface area contributed by atoms with E-state index < -0.39 is 23.0 Å². The zero-order chi connectivity index (χ0) is 25.4. The van der Waals surface area contributed by atoms with E-state index in [-0.39, 0.29) is 45.1 Å². The molecule has 0 heterocycles. The number of aliphatic hydroxyl groups is 4. The number of rotatable bonds is 14. The van der Waals surface area contributed by atoms with Crippen LogP contribution in [0, 0.1) is 10.8 Å². The first-order chi connectivity index (χ1) is 16.0. The molecule has 2 aromatic carbocycles. The number of ketones is 1. The number of carbonyl (C=O) groups is 1. The van der Waals surface area contributed by atoms with E-state index in [4.69, 9.17) is 19.7 Å². The Morgan fingerprint density at radius 2 is 1.03 bits per heavy atom. The van der Waals surface area contributed by atoms with Crippen LogP contribution in [-0.2, 0) is 4.79 Å². The van der Waals surface area contributed by atoms with E-state index in [2.05, 4.69) is 0 Å². The molecule has 0 aliphatic rings. The van der Waals surface area contributed by atoms with Crippen LogP contribution in [0.3, 0.4) is 0 Å². The number of hydrogen-bond acceptors (Lipinski definition) is 7. The molecule has 2 aromatic rings. The molecule has 34 heavy (non-hydrogen) atoms. The minimum Gasteiger partial charge on any atom is -0.491 e. The first-order valence-corrected chi connectivity index (χ1v) is 11.6.